The first-order valence-corrected chi connectivity index (χ1v) is 10.5. The quantitative estimate of drug-likeness (QED) is 0.572. The maximum atomic E-state index is 13.2. The van der Waals surface area contributed by atoms with Gasteiger partial charge in [-0.3, -0.25) is 14.6 Å². The molecule has 1 aromatic heterocycles. The van der Waals surface area contributed by atoms with Crippen LogP contribution < -0.4 is 4.90 Å². The second-order valence-corrected chi connectivity index (χ2v) is 8.28. The largest absolute Gasteiger partial charge is 0.337 e. The summed E-state index contributed by atoms with van der Waals surface area (Å²) in [6.07, 6.45) is 0. The molecular formula is C23H22N6O3. The molecule has 162 valence electrons. The van der Waals surface area contributed by atoms with Crippen LogP contribution in [0.4, 0.5) is 5.69 Å². The van der Waals surface area contributed by atoms with Crippen molar-refractivity contribution in [1.82, 2.24) is 15.1 Å². The Labute approximate surface area is 184 Å². The Hall–Kier alpha value is -3.88. The standard InChI is InChI=1S/C23H22N6O3/c1-13(2)15-8-10-16(11-9-15)29-22(30)19-20(23(29)31)28(27-25-19)12-18-24-21(26-32-18)17-7-5-4-6-14(17)3/h4-11,13,19-20H,12H2,1-3H3. The monoisotopic (exact) mass is 430 g/mol. The molecule has 1 saturated heterocycles. The number of imide groups is 1. The van der Waals surface area contributed by atoms with Crippen LogP contribution in [0, 0.1) is 6.92 Å². The Kier molecular flexibility index (Phi) is 4.80. The number of carbonyl (C=O) groups is 2. The van der Waals surface area contributed by atoms with Crippen LogP contribution in [-0.2, 0) is 16.1 Å². The molecule has 0 saturated carbocycles. The molecule has 0 bridgehead atoms. The average Bonchev–Trinajstić information content (AvgIpc) is 3.47. The van der Waals surface area contributed by atoms with Crippen LogP contribution in [0.25, 0.3) is 11.4 Å². The van der Waals surface area contributed by atoms with Crippen LogP contribution in [0.1, 0.15) is 36.8 Å². The molecule has 5 rings (SSSR count). The summed E-state index contributed by atoms with van der Waals surface area (Å²) in [5.74, 6) is 0.376. The smallest absolute Gasteiger partial charge is 0.263 e. The normalized spacial score (nSPS) is 20.0. The summed E-state index contributed by atoms with van der Waals surface area (Å²) in [5.41, 5.74) is 3.56. The SMILES string of the molecule is Cc1ccccc1-c1noc(CN2N=NC3C(=O)N(c4ccc(C(C)C)cc4)C(=O)C32)n1. The summed E-state index contributed by atoms with van der Waals surface area (Å²) in [6.45, 7) is 6.23. The second-order valence-electron chi connectivity index (χ2n) is 8.28. The number of nitrogens with zero attached hydrogens (tertiary/aromatic N) is 6. The molecule has 3 heterocycles. The van der Waals surface area contributed by atoms with Crippen molar-refractivity contribution in [2.24, 2.45) is 10.3 Å². The second kappa shape index (κ2) is 7.67. The number of aryl methyl sites for hydroxylation is 1. The number of hydrogen-bond acceptors (Lipinski definition) is 8. The van der Waals surface area contributed by atoms with Gasteiger partial charge in [-0.2, -0.15) is 10.1 Å². The summed E-state index contributed by atoms with van der Waals surface area (Å²) < 4.78 is 5.38. The maximum Gasteiger partial charge on any atom is 0.263 e. The Morgan fingerprint density at radius 1 is 1.03 bits per heavy atom. The molecule has 0 radical (unpaired) electrons. The van der Waals surface area contributed by atoms with Crippen LogP contribution in [0.15, 0.2) is 63.4 Å². The third-order valence-electron chi connectivity index (χ3n) is 5.83. The zero-order valence-electron chi connectivity index (χ0n) is 18.0. The van der Waals surface area contributed by atoms with Crippen LogP contribution in [0.2, 0.25) is 0 Å². The van der Waals surface area contributed by atoms with E-state index in [9.17, 15) is 9.59 Å². The molecule has 9 nitrogen and oxygen atoms in total. The number of anilines is 1. The molecule has 2 unspecified atom stereocenters. The van der Waals surface area contributed by atoms with Crippen LogP contribution in [-0.4, -0.2) is 39.0 Å². The highest BCUT2D eigenvalue weighted by Crippen LogP contribution is 2.33. The van der Waals surface area contributed by atoms with Crippen LogP contribution in [0.3, 0.4) is 0 Å². The molecule has 2 aliphatic heterocycles. The summed E-state index contributed by atoms with van der Waals surface area (Å²) in [7, 11) is 0. The third kappa shape index (κ3) is 3.26. The van der Waals surface area contributed by atoms with Crippen molar-refractivity contribution < 1.29 is 14.1 Å². The van der Waals surface area contributed by atoms with Crippen molar-refractivity contribution in [1.29, 1.82) is 0 Å². The molecular weight excluding hydrogens is 408 g/mol. The van der Waals surface area contributed by atoms with Crippen molar-refractivity contribution in [2.45, 2.75) is 45.3 Å². The zero-order valence-corrected chi connectivity index (χ0v) is 18.0. The van der Waals surface area contributed by atoms with E-state index >= 15 is 0 Å². The van der Waals surface area contributed by atoms with E-state index in [4.69, 9.17) is 4.52 Å². The molecule has 0 spiro atoms. The molecule has 0 N–H and O–H groups in total. The van der Waals surface area contributed by atoms with Gasteiger partial charge in [-0.1, -0.05) is 60.6 Å². The molecule has 9 heteroatoms. The van der Waals surface area contributed by atoms with Crippen LogP contribution >= 0.6 is 0 Å². The number of hydrogen-bond donors (Lipinski definition) is 0. The fourth-order valence-electron chi connectivity index (χ4n) is 4.01. The van der Waals surface area contributed by atoms with Gasteiger partial charge in [0.1, 0.15) is 6.54 Å². The van der Waals surface area contributed by atoms with Crippen molar-refractivity contribution in [3.05, 3.63) is 65.5 Å². The minimum absolute atomic E-state index is 0.0860. The topological polar surface area (TPSA) is 104 Å². The summed E-state index contributed by atoms with van der Waals surface area (Å²) in [4.78, 5) is 31.7. The van der Waals surface area contributed by atoms with Gasteiger partial charge >= 0.3 is 0 Å². The minimum atomic E-state index is -0.869. The predicted octanol–water partition coefficient (Wildman–Crippen LogP) is 3.66. The molecule has 1 fully saturated rings. The maximum absolute atomic E-state index is 13.2. The first-order valence-electron chi connectivity index (χ1n) is 10.5. The van der Waals surface area contributed by atoms with E-state index in [2.05, 4.69) is 34.3 Å². The fraction of sp³-hybridized carbons (Fsp3) is 0.304. The van der Waals surface area contributed by atoms with E-state index in [-0.39, 0.29) is 18.4 Å². The van der Waals surface area contributed by atoms with Gasteiger partial charge in [0.2, 0.25) is 11.7 Å². The Bertz CT molecular complexity index is 1220. The van der Waals surface area contributed by atoms with E-state index in [0.29, 0.717) is 23.3 Å². The van der Waals surface area contributed by atoms with Crippen molar-refractivity contribution in [2.75, 3.05) is 4.90 Å². The number of aromatic nitrogens is 2. The number of amides is 2. The lowest BCUT2D eigenvalue weighted by Gasteiger charge is -2.19. The van der Waals surface area contributed by atoms with Gasteiger partial charge in [0, 0.05) is 5.56 Å². The predicted molar refractivity (Wildman–Crippen MR) is 115 cm³/mol. The number of benzene rings is 2. The highest BCUT2D eigenvalue weighted by molar-refractivity contribution is 6.25. The van der Waals surface area contributed by atoms with E-state index in [1.54, 1.807) is 12.1 Å². The fourth-order valence-corrected chi connectivity index (χ4v) is 4.01. The van der Waals surface area contributed by atoms with Gasteiger partial charge in [0.15, 0.2) is 12.1 Å². The highest BCUT2D eigenvalue weighted by atomic mass is 16.5. The van der Waals surface area contributed by atoms with Crippen molar-refractivity contribution >= 4 is 17.5 Å². The van der Waals surface area contributed by atoms with Gasteiger partial charge in [-0.15, -0.1) is 0 Å². The first kappa shape index (κ1) is 20.0. The molecule has 2 amide bonds. The third-order valence-corrected chi connectivity index (χ3v) is 5.83. The van der Waals surface area contributed by atoms with Gasteiger partial charge in [-0.05, 0) is 36.1 Å². The molecule has 3 aromatic rings. The molecule has 0 aliphatic carbocycles. The summed E-state index contributed by atoms with van der Waals surface area (Å²) in [6, 6.07) is 13.5. The molecule has 2 aromatic carbocycles. The van der Waals surface area contributed by atoms with E-state index in [1.807, 2.05) is 43.3 Å². The number of rotatable bonds is 5. The molecule has 2 atom stereocenters. The lowest BCUT2D eigenvalue weighted by molar-refractivity contribution is -0.123. The zero-order chi connectivity index (χ0) is 22.4. The van der Waals surface area contributed by atoms with E-state index in [0.717, 1.165) is 16.7 Å². The highest BCUT2D eigenvalue weighted by Gasteiger charge is 2.55. The van der Waals surface area contributed by atoms with E-state index < -0.39 is 12.1 Å². The van der Waals surface area contributed by atoms with Gasteiger partial charge in [0.05, 0.1) is 5.69 Å². The average molecular weight is 430 g/mol. The molecule has 32 heavy (non-hydrogen) atoms. The van der Waals surface area contributed by atoms with Crippen molar-refractivity contribution in [3.63, 3.8) is 0 Å². The molecule has 2 aliphatic rings. The summed E-state index contributed by atoms with van der Waals surface area (Å²) >= 11 is 0. The Balaban J connectivity index is 1.35. The number of fused-ring (bicyclic) bond motifs is 1. The lowest BCUT2D eigenvalue weighted by atomic mass is 10.0. The van der Waals surface area contributed by atoms with Crippen molar-refractivity contribution in [3.8, 4) is 11.4 Å². The van der Waals surface area contributed by atoms with E-state index in [1.165, 1.54) is 9.91 Å². The first-order chi connectivity index (χ1) is 15.4. The minimum Gasteiger partial charge on any atom is -0.337 e. The van der Waals surface area contributed by atoms with Gasteiger partial charge in [0.25, 0.3) is 11.8 Å². The number of carbonyl (C=O) groups excluding carboxylic acids is 2. The van der Waals surface area contributed by atoms with Gasteiger partial charge in [-0.25, -0.2) is 4.90 Å². The summed E-state index contributed by atoms with van der Waals surface area (Å²) in [5, 5.41) is 13.6. The van der Waals surface area contributed by atoms with Crippen LogP contribution in [0.5, 0.6) is 0 Å². The Morgan fingerprint density at radius 3 is 2.50 bits per heavy atom. The lowest BCUT2D eigenvalue weighted by Crippen LogP contribution is -2.39. The van der Waals surface area contributed by atoms with Gasteiger partial charge < -0.3 is 4.52 Å². The Morgan fingerprint density at radius 2 is 1.78 bits per heavy atom.